The first-order valence-corrected chi connectivity index (χ1v) is 5.48. The molecule has 1 aliphatic rings. The van der Waals surface area contributed by atoms with Gasteiger partial charge in [0.25, 0.3) is 0 Å². The van der Waals surface area contributed by atoms with Gasteiger partial charge in [0.1, 0.15) is 11.5 Å². The average molecular weight is 208 g/mol. The van der Waals surface area contributed by atoms with E-state index >= 15 is 0 Å². The van der Waals surface area contributed by atoms with Crippen LogP contribution in [0.1, 0.15) is 25.5 Å². The van der Waals surface area contributed by atoms with Gasteiger partial charge in [0.2, 0.25) is 0 Å². The Hall–Kier alpha value is -1.09. The predicted molar refractivity (Wildman–Crippen MR) is 55.6 cm³/mol. The van der Waals surface area contributed by atoms with Crippen molar-refractivity contribution in [2.24, 2.45) is 5.92 Å². The lowest BCUT2D eigenvalue weighted by Crippen LogP contribution is -2.24. The molecule has 1 aliphatic heterocycles. The number of carbonyl (C=O) groups excluding carboxylic acids is 1. The van der Waals surface area contributed by atoms with E-state index in [1.54, 1.807) is 6.26 Å². The lowest BCUT2D eigenvalue weighted by Gasteiger charge is -2.14. The summed E-state index contributed by atoms with van der Waals surface area (Å²) >= 11 is 0. The molecule has 0 aromatic carbocycles. The zero-order valence-corrected chi connectivity index (χ0v) is 8.94. The predicted octanol–water partition coefficient (Wildman–Crippen LogP) is 2.21. The third-order valence-electron chi connectivity index (χ3n) is 2.95. The van der Waals surface area contributed by atoms with Crippen molar-refractivity contribution in [1.82, 2.24) is 0 Å². The van der Waals surface area contributed by atoms with Crippen LogP contribution in [-0.4, -0.2) is 18.5 Å². The number of hydrogen-bond donors (Lipinski definition) is 0. The summed E-state index contributed by atoms with van der Waals surface area (Å²) in [5.74, 6) is 1.07. The Morgan fingerprint density at radius 1 is 1.60 bits per heavy atom. The molecule has 3 nitrogen and oxygen atoms in total. The summed E-state index contributed by atoms with van der Waals surface area (Å²) in [6.07, 6.45) is 3.89. The van der Waals surface area contributed by atoms with E-state index in [0.29, 0.717) is 13.0 Å². The molecule has 1 aromatic rings. The molecule has 82 valence electrons. The van der Waals surface area contributed by atoms with Gasteiger partial charge in [0, 0.05) is 12.5 Å². The summed E-state index contributed by atoms with van der Waals surface area (Å²) in [5.41, 5.74) is 0. The first kappa shape index (κ1) is 10.4. The Morgan fingerprint density at radius 3 is 3.13 bits per heavy atom. The summed E-state index contributed by atoms with van der Waals surface area (Å²) in [5, 5.41) is 0. The van der Waals surface area contributed by atoms with Crippen LogP contribution in [0.25, 0.3) is 0 Å². The quantitative estimate of drug-likeness (QED) is 0.761. The smallest absolute Gasteiger partial charge is 0.146 e. The van der Waals surface area contributed by atoms with Crippen LogP contribution in [0.3, 0.4) is 0 Å². The highest BCUT2D eigenvalue weighted by atomic mass is 16.5. The van der Waals surface area contributed by atoms with Gasteiger partial charge in [0.05, 0.1) is 18.8 Å². The summed E-state index contributed by atoms with van der Waals surface area (Å²) in [6, 6.07) is 3.65. The highest BCUT2D eigenvalue weighted by Gasteiger charge is 2.32. The number of ketones is 1. The van der Waals surface area contributed by atoms with Crippen molar-refractivity contribution in [2.45, 2.75) is 32.3 Å². The van der Waals surface area contributed by atoms with Crippen LogP contribution in [0.4, 0.5) is 0 Å². The Bertz CT molecular complexity index is 316. The number of hydrogen-bond acceptors (Lipinski definition) is 3. The van der Waals surface area contributed by atoms with Gasteiger partial charge >= 0.3 is 0 Å². The van der Waals surface area contributed by atoms with Crippen LogP contribution in [-0.2, 0) is 16.0 Å². The summed E-state index contributed by atoms with van der Waals surface area (Å²) in [4.78, 5) is 11.9. The molecule has 2 rings (SSSR count). The fourth-order valence-corrected chi connectivity index (χ4v) is 2.14. The topological polar surface area (TPSA) is 39.4 Å². The van der Waals surface area contributed by atoms with Crippen molar-refractivity contribution >= 4 is 5.78 Å². The fourth-order valence-electron chi connectivity index (χ4n) is 2.14. The summed E-state index contributed by atoms with van der Waals surface area (Å²) in [6.45, 7) is 2.77. The van der Waals surface area contributed by atoms with Gasteiger partial charge in [-0.25, -0.2) is 0 Å². The van der Waals surface area contributed by atoms with Crippen LogP contribution >= 0.6 is 0 Å². The maximum atomic E-state index is 11.9. The minimum atomic E-state index is 0.0695. The molecule has 0 N–H and O–H groups in total. The second kappa shape index (κ2) is 4.62. The van der Waals surface area contributed by atoms with E-state index in [0.717, 1.165) is 18.6 Å². The molecule has 1 fully saturated rings. The van der Waals surface area contributed by atoms with Gasteiger partial charge in [-0.1, -0.05) is 6.92 Å². The van der Waals surface area contributed by atoms with Crippen molar-refractivity contribution in [3.05, 3.63) is 24.2 Å². The van der Waals surface area contributed by atoms with Crippen molar-refractivity contribution in [3.8, 4) is 0 Å². The van der Waals surface area contributed by atoms with Crippen LogP contribution in [0.2, 0.25) is 0 Å². The Labute approximate surface area is 89.4 Å². The van der Waals surface area contributed by atoms with E-state index in [4.69, 9.17) is 9.15 Å². The molecule has 1 saturated heterocycles. The van der Waals surface area contributed by atoms with E-state index in [-0.39, 0.29) is 17.8 Å². The molecule has 2 unspecified atom stereocenters. The van der Waals surface area contributed by atoms with E-state index < -0.39 is 0 Å². The second-order valence-electron chi connectivity index (χ2n) is 3.94. The molecule has 0 radical (unpaired) electrons. The highest BCUT2D eigenvalue weighted by molar-refractivity contribution is 5.83. The molecule has 2 atom stereocenters. The minimum Gasteiger partial charge on any atom is -0.469 e. The lowest BCUT2D eigenvalue weighted by molar-refractivity contribution is -0.124. The molecule has 1 aromatic heterocycles. The second-order valence-corrected chi connectivity index (χ2v) is 3.94. The molecular formula is C12H16O3. The molecule has 0 aliphatic carbocycles. The molecule has 0 saturated carbocycles. The van der Waals surface area contributed by atoms with E-state index in [1.807, 2.05) is 12.1 Å². The van der Waals surface area contributed by atoms with Crippen LogP contribution in [0.15, 0.2) is 22.8 Å². The van der Waals surface area contributed by atoms with Crippen LogP contribution < -0.4 is 0 Å². The number of carbonyl (C=O) groups is 1. The zero-order valence-electron chi connectivity index (χ0n) is 8.94. The molecule has 15 heavy (non-hydrogen) atoms. The zero-order chi connectivity index (χ0) is 10.7. The van der Waals surface area contributed by atoms with Crippen molar-refractivity contribution in [1.29, 1.82) is 0 Å². The maximum absolute atomic E-state index is 11.9. The number of Topliss-reactive ketones (excluding diaryl/α,β-unsaturated/α-hetero) is 1. The third-order valence-corrected chi connectivity index (χ3v) is 2.95. The normalized spacial score (nSPS) is 25.7. The molecule has 3 heteroatoms. The Morgan fingerprint density at radius 2 is 2.47 bits per heavy atom. The standard InChI is InChI=1S/C12H16O3/c1-2-12-10(5-7-15-12)11(13)8-9-4-3-6-14-9/h3-4,6,10,12H,2,5,7-8H2,1H3. The molecular weight excluding hydrogens is 192 g/mol. The molecule has 2 heterocycles. The van der Waals surface area contributed by atoms with Gasteiger partial charge in [-0.05, 0) is 25.0 Å². The average Bonchev–Trinajstić information content (AvgIpc) is 2.86. The monoisotopic (exact) mass is 208 g/mol. The number of rotatable bonds is 4. The molecule has 0 bridgehead atoms. The van der Waals surface area contributed by atoms with Crippen molar-refractivity contribution < 1.29 is 13.9 Å². The van der Waals surface area contributed by atoms with Crippen LogP contribution in [0, 0.1) is 5.92 Å². The minimum absolute atomic E-state index is 0.0695. The van der Waals surface area contributed by atoms with E-state index in [2.05, 4.69) is 6.92 Å². The highest BCUT2D eigenvalue weighted by Crippen LogP contribution is 2.25. The Kier molecular flexibility index (Phi) is 3.21. The van der Waals surface area contributed by atoms with E-state index in [1.165, 1.54) is 0 Å². The van der Waals surface area contributed by atoms with E-state index in [9.17, 15) is 4.79 Å². The Balaban J connectivity index is 1.96. The van der Waals surface area contributed by atoms with Crippen molar-refractivity contribution in [2.75, 3.05) is 6.61 Å². The molecule has 0 amide bonds. The molecule has 0 spiro atoms. The summed E-state index contributed by atoms with van der Waals surface area (Å²) < 4.78 is 10.7. The van der Waals surface area contributed by atoms with Gasteiger partial charge in [-0.15, -0.1) is 0 Å². The fraction of sp³-hybridized carbons (Fsp3) is 0.583. The van der Waals surface area contributed by atoms with Gasteiger partial charge in [-0.3, -0.25) is 4.79 Å². The van der Waals surface area contributed by atoms with Crippen molar-refractivity contribution in [3.63, 3.8) is 0 Å². The SMILES string of the molecule is CCC1OCCC1C(=O)Cc1ccco1. The number of ether oxygens (including phenoxy) is 1. The maximum Gasteiger partial charge on any atom is 0.146 e. The summed E-state index contributed by atoms with van der Waals surface area (Å²) in [7, 11) is 0. The van der Waals surface area contributed by atoms with Crippen LogP contribution in [0.5, 0.6) is 0 Å². The first-order chi connectivity index (χ1) is 7.31. The first-order valence-electron chi connectivity index (χ1n) is 5.48. The third kappa shape index (κ3) is 2.29. The van der Waals surface area contributed by atoms with Gasteiger partial charge in [0.15, 0.2) is 0 Å². The lowest BCUT2D eigenvalue weighted by atomic mass is 9.92. The van der Waals surface area contributed by atoms with Gasteiger partial charge < -0.3 is 9.15 Å². The largest absolute Gasteiger partial charge is 0.469 e. The number of furan rings is 1. The van der Waals surface area contributed by atoms with Gasteiger partial charge in [-0.2, -0.15) is 0 Å².